The number of hydrogen-bond donors (Lipinski definition) is 1. The van der Waals surface area contributed by atoms with E-state index in [1.165, 1.54) is 5.56 Å². The molecular weight excluding hydrogens is 480 g/mol. The highest BCUT2D eigenvalue weighted by molar-refractivity contribution is 5.83. The van der Waals surface area contributed by atoms with E-state index >= 15 is 0 Å². The Morgan fingerprint density at radius 1 is 0.895 bits per heavy atom. The fourth-order valence-corrected chi connectivity index (χ4v) is 4.68. The van der Waals surface area contributed by atoms with E-state index in [0.29, 0.717) is 56.5 Å². The lowest BCUT2D eigenvalue weighted by Crippen LogP contribution is -2.28. The van der Waals surface area contributed by atoms with Crippen LogP contribution in [-0.2, 0) is 26.2 Å². The number of pyridine rings is 1. The van der Waals surface area contributed by atoms with Gasteiger partial charge in [0.1, 0.15) is 13.2 Å². The molecule has 1 aliphatic rings. The van der Waals surface area contributed by atoms with Gasteiger partial charge in [-0.1, -0.05) is 60.2 Å². The van der Waals surface area contributed by atoms with E-state index in [0.717, 1.165) is 27.9 Å². The van der Waals surface area contributed by atoms with E-state index < -0.39 is 0 Å². The zero-order chi connectivity index (χ0) is 25.9. The second kappa shape index (κ2) is 10.5. The fraction of sp³-hybridized carbons (Fsp3) is 0.241. The quantitative estimate of drug-likeness (QED) is 0.340. The average Bonchev–Trinajstić information content (AvgIpc) is 3.36. The third kappa shape index (κ3) is 5.28. The number of aromatic amines is 1. The molecule has 0 saturated heterocycles. The SMILES string of the molecule is Cc1ccc(CN(Cc2cc3cc4c(cc3[nH]c2=O)OCCO4)Cc2nnnn2Cc2ccccc2)cc1. The van der Waals surface area contributed by atoms with Crippen molar-refractivity contribution in [3.63, 3.8) is 0 Å². The summed E-state index contributed by atoms with van der Waals surface area (Å²) in [7, 11) is 0. The third-order valence-corrected chi connectivity index (χ3v) is 6.65. The summed E-state index contributed by atoms with van der Waals surface area (Å²) in [5, 5.41) is 13.4. The van der Waals surface area contributed by atoms with Crippen molar-refractivity contribution in [2.24, 2.45) is 0 Å². The Hall–Kier alpha value is -4.50. The Balaban J connectivity index is 1.30. The Labute approximate surface area is 219 Å². The molecule has 0 aliphatic carbocycles. The minimum absolute atomic E-state index is 0.132. The fourth-order valence-electron chi connectivity index (χ4n) is 4.68. The number of ether oxygens (including phenoxy) is 2. The second-order valence-corrected chi connectivity index (χ2v) is 9.58. The summed E-state index contributed by atoms with van der Waals surface area (Å²) < 4.78 is 13.2. The van der Waals surface area contributed by atoms with E-state index in [1.54, 1.807) is 0 Å². The monoisotopic (exact) mass is 508 g/mol. The van der Waals surface area contributed by atoms with Gasteiger partial charge in [-0.2, -0.15) is 0 Å². The van der Waals surface area contributed by atoms with Crippen LogP contribution in [0.15, 0.2) is 77.6 Å². The van der Waals surface area contributed by atoms with E-state index in [-0.39, 0.29) is 5.56 Å². The van der Waals surface area contributed by atoms with Gasteiger partial charge in [-0.15, -0.1) is 5.10 Å². The number of H-pyrrole nitrogens is 1. The molecule has 1 N–H and O–H groups in total. The molecule has 38 heavy (non-hydrogen) atoms. The maximum Gasteiger partial charge on any atom is 0.252 e. The van der Waals surface area contributed by atoms with Crippen LogP contribution in [0.25, 0.3) is 10.9 Å². The lowest BCUT2D eigenvalue weighted by Gasteiger charge is -2.22. The van der Waals surface area contributed by atoms with Crippen molar-refractivity contribution in [2.45, 2.75) is 33.1 Å². The molecule has 0 fully saturated rings. The van der Waals surface area contributed by atoms with E-state index in [2.05, 4.69) is 68.7 Å². The first kappa shape index (κ1) is 23.9. The lowest BCUT2D eigenvalue weighted by atomic mass is 10.1. The van der Waals surface area contributed by atoms with Gasteiger partial charge in [0.25, 0.3) is 5.56 Å². The minimum atomic E-state index is -0.132. The van der Waals surface area contributed by atoms with Crippen LogP contribution in [0.5, 0.6) is 11.5 Å². The molecule has 0 radical (unpaired) electrons. The van der Waals surface area contributed by atoms with Crippen molar-refractivity contribution in [1.82, 2.24) is 30.1 Å². The number of tetrazole rings is 1. The van der Waals surface area contributed by atoms with E-state index in [9.17, 15) is 4.79 Å². The highest BCUT2D eigenvalue weighted by Crippen LogP contribution is 2.33. The molecule has 0 saturated carbocycles. The largest absolute Gasteiger partial charge is 0.486 e. The van der Waals surface area contributed by atoms with Crippen molar-refractivity contribution in [3.8, 4) is 11.5 Å². The number of aromatic nitrogens is 5. The highest BCUT2D eigenvalue weighted by atomic mass is 16.6. The Morgan fingerprint density at radius 3 is 2.45 bits per heavy atom. The minimum Gasteiger partial charge on any atom is -0.486 e. The van der Waals surface area contributed by atoms with E-state index in [4.69, 9.17) is 9.47 Å². The molecule has 2 aromatic heterocycles. The first-order chi connectivity index (χ1) is 18.6. The molecule has 192 valence electrons. The summed E-state index contributed by atoms with van der Waals surface area (Å²) in [4.78, 5) is 18.4. The molecule has 0 bridgehead atoms. The smallest absolute Gasteiger partial charge is 0.252 e. The number of rotatable bonds is 8. The maximum absolute atomic E-state index is 13.1. The van der Waals surface area contributed by atoms with Crippen LogP contribution in [0.1, 0.15) is 28.1 Å². The molecule has 5 aromatic rings. The van der Waals surface area contributed by atoms with Gasteiger partial charge in [0, 0.05) is 30.1 Å². The van der Waals surface area contributed by atoms with Gasteiger partial charge >= 0.3 is 0 Å². The van der Waals surface area contributed by atoms with Gasteiger partial charge in [-0.25, -0.2) is 4.68 Å². The molecule has 9 heteroatoms. The predicted molar refractivity (Wildman–Crippen MR) is 143 cm³/mol. The van der Waals surface area contributed by atoms with Gasteiger partial charge in [-0.05, 0) is 40.6 Å². The van der Waals surface area contributed by atoms with Gasteiger partial charge in [0.15, 0.2) is 17.3 Å². The van der Waals surface area contributed by atoms with Gasteiger partial charge in [0.2, 0.25) is 0 Å². The number of aryl methyl sites for hydroxylation is 1. The molecular formula is C29H28N6O3. The van der Waals surface area contributed by atoms with Gasteiger partial charge < -0.3 is 14.5 Å². The topological polar surface area (TPSA) is 98.2 Å². The van der Waals surface area contributed by atoms with E-state index in [1.807, 2.05) is 41.1 Å². The summed E-state index contributed by atoms with van der Waals surface area (Å²) in [5.74, 6) is 2.08. The summed E-state index contributed by atoms with van der Waals surface area (Å²) in [6.45, 7) is 5.19. The first-order valence-corrected chi connectivity index (χ1v) is 12.6. The molecule has 0 atom stereocenters. The van der Waals surface area contributed by atoms with Crippen molar-refractivity contribution in [1.29, 1.82) is 0 Å². The maximum atomic E-state index is 13.1. The molecule has 1 aliphatic heterocycles. The summed E-state index contributed by atoms with van der Waals surface area (Å²) in [5.41, 5.74) is 4.71. The van der Waals surface area contributed by atoms with Crippen LogP contribution < -0.4 is 15.0 Å². The summed E-state index contributed by atoms with van der Waals surface area (Å²) >= 11 is 0. The van der Waals surface area contributed by atoms with Gasteiger partial charge in [0.05, 0.1) is 18.6 Å². The van der Waals surface area contributed by atoms with Crippen LogP contribution in [0.2, 0.25) is 0 Å². The molecule has 3 aromatic carbocycles. The number of hydrogen-bond acceptors (Lipinski definition) is 7. The van der Waals surface area contributed by atoms with Crippen molar-refractivity contribution >= 4 is 10.9 Å². The Kier molecular flexibility index (Phi) is 6.58. The predicted octanol–water partition coefficient (Wildman–Crippen LogP) is 3.84. The number of nitrogens with zero attached hydrogens (tertiary/aromatic N) is 5. The zero-order valence-corrected chi connectivity index (χ0v) is 21.1. The number of fused-ring (bicyclic) bond motifs is 2. The molecule has 3 heterocycles. The zero-order valence-electron chi connectivity index (χ0n) is 21.1. The average molecular weight is 509 g/mol. The van der Waals surface area contributed by atoms with Crippen molar-refractivity contribution in [2.75, 3.05) is 13.2 Å². The normalized spacial score (nSPS) is 12.8. The Bertz CT molecular complexity index is 1610. The number of benzene rings is 3. The van der Waals surface area contributed by atoms with Crippen LogP contribution in [0.4, 0.5) is 0 Å². The molecule has 6 rings (SSSR count). The third-order valence-electron chi connectivity index (χ3n) is 6.65. The van der Waals surface area contributed by atoms with Crippen molar-refractivity contribution in [3.05, 3.63) is 111 Å². The van der Waals surface area contributed by atoms with Crippen LogP contribution in [0.3, 0.4) is 0 Å². The van der Waals surface area contributed by atoms with Crippen LogP contribution >= 0.6 is 0 Å². The van der Waals surface area contributed by atoms with Gasteiger partial charge in [-0.3, -0.25) is 9.69 Å². The van der Waals surface area contributed by atoms with Crippen molar-refractivity contribution < 1.29 is 9.47 Å². The lowest BCUT2D eigenvalue weighted by molar-refractivity contribution is 0.172. The molecule has 0 amide bonds. The first-order valence-electron chi connectivity index (χ1n) is 12.6. The van der Waals surface area contributed by atoms with Crippen LogP contribution in [0, 0.1) is 6.92 Å². The molecule has 9 nitrogen and oxygen atoms in total. The second-order valence-electron chi connectivity index (χ2n) is 9.58. The Morgan fingerprint density at radius 2 is 1.66 bits per heavy atom. The summed E-state index contributed by atoms with van der Waals surface area (Å²) in [6, 6.07) is 24.2. The molecule has 0 unspecified atom stereocenters. The molecule has 0 spiro atoms. The highest BCUT2D eigenvalue weighted by Gasteiger charge is 2.18. The number of nitrogens with one attached hydrogen (secondary N) is 1. The van der Waals surface area contributed by atoms with Crippen LogP contribution in [-0.4, -0.2) is 43.3 Å². The standard InChI is InChI=1S/C29H28N6O3/c1-20-7-9-22(10-8-20)16-34(19-28-31-32-33-35(28)17-21-5-3-2-4-6-21)18-24-13-23-14-26-27(38-12-11-37-26)15-25(23)30-29(24)36/h2-10,13-15H,11-12,16-19H2,1H3,(H,30,36). The summed E-state index contributed by atoms with van der Waals surface area (Å²) in [6.07, 6.45) is 0.